The summed E-state index contributed by atoms with van der Waals surface area (Å²) in [5, 5.41) is 13.2. The van der Waals surface area contributed by atoms with Crippen molar-refractivity contribution in [2.75, 3.05) is 26.2 Å². The second kappa shape index (κ2) is 10.4. The Morgan fingerprint density at radius 1 is 1.00 bits per heavy atom. The van der Waals surface area contributed by atoms with Gasteiger partial charge < -0.3 is 15.2 Å². The first-order valence-electron chi connectivity index (χ1n) is 8.12. The highest BCUT2D eigenvalue weighted by atomic mass is 35.5. The van der Waals surface area contributed by atoms with E-state index in [1.54, 1.807) is 24.3 Å². The van der Waals surface area contributed by atoms with E-state index >= 15 is 0 Å². The van der Waals surface area contributed by atoms with Gasteiger partial charge in [0.15, 0.2) is 0 Å². The third-order valence-electron chi connectivity index (χ3n) is 4.23. The summed E-state index contributed by atoms with van der Waals surface area (Å²) in [6.45, 7) is 3.20. The van der Waals surface area contributed by atoms with Crippen molar-refractivity contribution in [3.05, 3.63) is 58.6 Å². The van der Waals surface area contributed by atoms with Crippen LogP contribution in [0.3, 0.4) is 0 Å². The number of halogens is 6. The van der Waals surface area contributed by atoms with Crippen LogP contribution < -0.4 is 10.1 Å². The van der Waals surface area contributed by atoms with Crippen LogP contribution in [0.1, 0.15) is 17.2 Å². The van der Waals surface area contributed by atoms with E-state index in [-0.39, 0.29) is 47.4 Å². The lowest BCUT2D eigenvalue weighted by Gasteiger charge is -2.35. The number of nitrogens with zero attached hydrogens (tertiary/aromatic N) is 1. The van der Waals surface area contributed by atoms with Gasteiger partial charge in [-0.1, -0.05) is 29.8 Å². The predicted molar refractivity (Wildman–Crippen MR) is 107 cm³/mol. The first-order valence-corrected chi connectivity index (χ1v) is 8.50. The summed E-state index contributed by atoms with van der Waals surface area (Å²) >= 11 is 6.06. The van der Waals surface area contributed by atoms with Gasteiger partial charge in [0.05, 0.1) is 11.1 Å². The van der Waals surface area contributed by atoms with Crippen molar-refractivity contribution >= 4 is 36.4 Å². The minimum absolute atomic E-state index is 0. The van der Waals surface area contributed by atoms with Gasteiger partial charge in [0.2, 0.25) is 0 Å². The van der Waals surface area contributed by atoms with Crippen molar-refractivity contribution in [1.29, 1.82) is 0 Å². The molecule has 1 atom stereocenters. The lowest BCUT2D eigenvalue weighted by Crippen LogP contribution is -2.45. The van der Waals surface area contributed by atoms with Crippen molar-refractivity contribution in [3.63, 3.8) is 0 Å². The summed E-state index contributed by atoms with van der Waals surface area (Å²) in [5.74, 6) is -0.271. The highest BCUT2D eigenvalue weighted by Crippen LogP contribution is 2.34. The van der Waals surface area contributed by atoms with Gasteiger partial charge in [-0.05, 0) is 35.4 Å². The highest BCUT2D eigenvalue weighted by Gasteiger charge is 2.31. The summed E-state index contributed by atoms with van der Waals surface area (Å²) in [6.07, 6.45) is -4.72. The average molecular weight is 460 g/mol. The van der Waals surface area contributed by atoms with E-state index in [0.29, 0.717) is 0 Å². The van der Waals surface area contributed by atoms with E-state index in [0.717, 1.165) is 37.3 Å². The van der Waals surface area contributed by atoms with Crippen molar-refractivity contribution < 1.29 is 23.0 Å². The van der Waals surface area contributed by atoms with Crippen molar-refractivity contribution in [2.45, 2.75) is 12.4 Å². The van der Waals surface area contributed by atoms with E-state index in [1.807, 2.05) is 0 Å². The van der Waals surface area contributed by atoms with Crippen LogP contribution in [0.5, 0.6) is 11.5 Å². The highest BCUT2D eigenvalue weighted by molar-refractivity contribution is 6.32. The predicted octanol–water partition coefficient (Wildman–Crippen LogP) is 4.78. The quantitative estimate of drug-likeness (QED) is 0.690. The molecule has 1 fully saturated rings. The molecule has 0 aliphatic carbocycles. The monoisotopic (exact) mass is 458 g/mol. The van der Waals surface area contributed by atoms with Gasteiger partial charge in [0.25, 0.3) is 0 Å². The second-order valence-corrected chi connectivity index (χ2v) is 6.42. The fourth-order valence-corrected chi connectivity index (χ4v) is 3.29. The first kappa shape index (κ1) is 24.7. The maximum absolute atomic E-state index is 12.4. The Labute approximate surface area is 178 Å². The molecule has 0 saturated carbocycles. The minimum atomic E-state index is -4.72. The normalized spacial score (nSPS) is 15.9. The summed E-state index contributed by atoms with van der Waals surface area (Å²) in [4.78, 5) is 2.22. The zero-order chi connectivity index (χ0) is 18.7. The maximum Gasteiger partial charge on any atom is 0.573 e. The Morgan fingerprint density at radius 2 is 1.57 bits per heavy atom. The van der Waals surface area contributed by atoms with E-state index in [9.17, 15) is 18.3 Å². The molecule has 0 bridgehead atoms. The number of alkyl halides is 3. The number of hydrogen-bond acceptors (Lipinski definition) is 4. The number of aromatic hydroxyl groups is 1. The molecule has 4 nitrogen and oxygen atoms in total. The Morgan fingerprint density at radius 3 is 2.11 bits per heavy atom. The number of ether oxygens (including phenoxy) is 1. The van der Waals surface area contributed by atoms with Gasteiger partial charge in [0, 0.05) is 26.2 Å². The third kappa shape index (κ3) is 6.32. The third-order valence-corrected chi connectivity index (χ3v) is 4.54. The molecule has 1 aliphatic heterocycles. The molecule has 2 N–H and O–H groups in total. The van der Waals surface area contributed by atoms with Crippen LogP contribution in [-0.4, -0.2) is 42.5 Å². The topological polar surface area (TPSA) is 44.7 Å². The second-order valence-electron chi connectivity index (χ2n) is 6.02. The van der Waals surface area contributed by atoms with Gasteiger partial charge in [0.1, 0.15) is 11.5 Å². The molecule has 1 saturated heterocycles. The van der Waals surface area contributed by atoms with Crippen molar-refractivity contribution in [1.82, 2.24) is 10.2 Å². The number of phenolic OH excluding ortho intramolecular Hbond substituents is 1. The SMILES string of the molecule is Cl.Cl.Oc1ccc([C@@H](c2ccc(OC(F)(F)F)cc2)N2CCNCC2)cc1Cl. The number of piperazine rings is 1. The fourth-order valence-electron chi connectivity index (χ4n) is 3.10. The van der Waals surface area contributed by atoms with Crippen LogP contribution in [0, 0.1) is 0 Å². The van der Waals surface area contributed by atoms with Crippen molar-refractivity contribution in [2.24, 2.45) is 0 Å². The van der Waals surface area contributed by atoms with Gasteiger partial charge >= 0.3 is 6.36 Å². The Hall–Kier alpha value is -1.38. The zero-order valence-electron chi connectivity index (χ0n) is 14.6. The maximum atomic E-state index is 12.4. The fraction of sp³-hybridized carbons (Fsp3) is 0.333. The van der Waals surface area contributed by atoms with Crippen LogP contribution in [0.15, 0.2) is 42.5 Å². The van der Waals surface area contributed by atoms with Crippen LogP contribution in [0.25, 0.3) is 0 Å². The Bertz CT molecular complexity index is 755. The number of benzene rings is 2. The molecule has 156 valence electrons. The Balaban J connectivity index is 0.00000196. The molecular weight excluding hydrogens is 440 g/mol. The zero-order valence-corrected chi connectivity index (χ0v) is 17.0. The molecule has 10 heteroatoms. The molecule has 3 rings (SSSR count). The van der Waals surface area contributed by atoms with Crippen molar-refractivity contribution in [3.8, 4) is 11.5 Å². The molecule has 1 aliphatic rings. The molecule has 0 aromatic heterocycles. The Kier molecular flexibility index (Phi) is 9.17. The van der Waals surface area contributed by atoms with Crippen LogP contribution in [0.2, 0.25) is 5.02 Å². The molecule has 28 heavy (non-hydrogen) atoms. The van der Waals surface area contributed by atoms with Crippen LogP contribution in [0.4, 0.5) is 13.2 Å². The molecule has 0 spiro atoms. The largest absolute Gasteiger partial charge is 0.573 e. The van der Waals surface area contributed by atoms with Crippen LogP contribution in [-0.2, 0) is 0 Å². The lowest BCUT2D eigenvalue weighted by atomic mass is 9.96. The summed E-state index contributed by atoms with van der Waals surface area (Å²) in [6, 6.07) is 10.6. The molecule has 1 heterocycles. The lowest BCUT2D eigenvalue weighted by molar-refractivity contribution is -0.274. The van der Waals surface area contributed by atoms with E-state index in [1.165, 1.54) is 18.2 Å². The van der Waals surface area contributed by atoms with Gasteiger partial charge in [-0.25, -0.2) is 0 Å². The minimum Gasteiger partial charge on any atom is -0.506 e. The number of nitrogens with one attached hydrogen (secondary N) is 1. The van der Waals surface area contributed by atoms with E-state index in [4.69, 9.17) is 11.6 Å². The standard InChI is InChI=1S/C18H18ClF3N2O2.2ClH/c19-15-11-13(3-6-16(15)25)17(24-9-7-23-8-10-24)12-1-4-14(5-2-12)26-18(20,21)22;;/h1-6,11,17,23,25H,7-10H2;2*1H/t17-;;/m1../s1. The molecular formula is C18H20Cl3F3N2O2. The molecule has 0 radical (unpaired) electrons. The first-order chi connectivity index (χ1) is 12.3. The van der Waals surface area contributed by atoms with Gasteiger partial charge in [-0.15, -0.1) is 38.0 Å². The molecule has 2 aromatic carbocycles. The van der Waals surface area contributed by atoms with E-state index < -0.39 is 6.36 Å². The number of rotatable bonds is 4. The summed E-state index contributed by atoms with van der Waals surface area (Å²) in [7, 11) is 0. The number of phenols is 1. The number of hydrogen-bond donors (Lipinski definition) is 2. The van der Waals surface area contributed by atoms with Gasteiger partial charge in [-0.3, -0.25) is 4.90 Å². The summed E-state index contributed by atoms with van der Waals surface area (Å²) < 4.78 is 41.0. The summed E-state index contributed by atoms with van der Waals surface area (Å²) in [5.41, 5.74) is 1.68. The van der Waals surface area contributed by atoms with Crippen LogP contribution >= 0.6 is 36.4 Å². The molecule has 2 aromatic rings. The van der Waals surface area contributed by atoms with E-state index in [2.05, 4.69) is 15.0 Å². The van der Waals surface area contributed by atoms with Gasteiger partial charge in [-0.2, -0.15) is 0 Å². The smallest absolute Gasteiger partial charge is 0.506 e. The molecule has 0 amide bonds. The average Bonchev–Trinajstić information content (AvgIpc) is 2.59. The molecule has 0 unspecified atom stereocenters.